The summed E-state index contributed by atoms with van der Waals surface area (Å²) in [5.74, 6) is 1.14. The Hall–Kier alpha value is -2.46. The van der Waals surface area contributed by atoms with Gasteiger partial charge in [-0.15, -0.1) is 0 Å². The first-order valence-corrected chi connectivity index (χ1v) is 11.4. The summed E-state index contributed by atoms with van der Waals surface area (Å²) >= 11 is 0. The molecule has 0 bridgehead atoms. The van der Waals surface area contributed by atoms with Gasteiger partial charge in [-0.25, -0.2) is 0 Å². The molecule has 4 nitrogen and oxygen atoms in total. The fraction of sp³-hybridized carbons (Fsp3) is 0.462. The number of carbonyl (C=O) groups is 1. The molecule has 0 radical (unpaired) electrons. The second kappa shape index (κ2) is 10.0. The van der Waals surface area contributed by atoms with Gasteiger partial charge in [-0.2, -0.15) is 0 Å². The lowest BCUT2D eigenvalue weighted by molar-refractivity contribution is 0.0863. The average molecular weight is 404 g/mol. The quantitative estimate of drug-likeness (QED) is 0.696. The van der Waals surface area contributed by atoms with E-state index >= 15 is 0 Å². The highest BCUT2D eigenvalue weighted by atomic mass is 16.1. The van der Waals surface area contributed by atoms with Crippen molar-refractivity contribution in [2.24, 2.45) is 11.8 Å². The third-order valence-electron chi connectivity index (χ3n) is 6.59. The summed E-state index contributed by atoms with van der Waals surface area (Å²) < 4.78 is 0. The third kappa shape index (κ3) is 5.17. The zero-order valence-electron chi connectivity index (χ0n) is 18.0. The lowest BCUT2D eigenvalue weighted by Crippen LogP contribution is -2.44. The number of amides is 1. The Bertz CT molecular complexity index is 864. The van der Waals surface area contributed by atoms with Gasteiger partial charge in [0.1, 0.15) is 0 Å². The van der Waals surface area contributed by atoms with Gasteiger partial charge in [0.15, 0.2) is 0 Å². The van der Waals surface area contributed by atoms with E-state index in [1.807, 2.05) is 55.6 Å². The van der Waals surface area contributed by atoms with Crippen LogP contribution in [0, 0.1) is 18.8 Å². The zero-order valence-corrected chi connectivity index (χ0v) is 18.0. The first kappa shape index (κ1) is 20.8. The van der Waals surface area contributed by atoms with Crippen molar-refractivity contribution in [2.75, 3.05) is 19.6 Å². The van der Waals surface area contributed by atoms with Crippen molar-refractivity contribution in [1.29, 1.82) is 0 Å². The van der Waals surface area contributed by atoms with Crippen molar-refractivity contribution in [3.05, 3.63) is 77.6 Å². The molecule has 30 heavy (non-hydrogen) atoms. The van der Waals surface area contributed by atoms with E-state index in [1.54, 1.807) is 0 Å². The monoisotopic (exact) mass is 403 g/mol. The van der Waals surface area contributed by atoms with E-state index in [9.17, 15) is 4.79 Å². The SMILES string of the molecule is Cc1ccccc1C(=O)N[C@H](c1ccccn1)[C@@H]1CCCN(C[C@@H]2CC=CCC2)C1. The van der Waals surface area contributed by atoms with Crippen LogP contribution in [0.4, 0.5) is 0 Å². The zero-order chi connectivity index (χ0) is 20.8. The minimum atomic E-state index is -0.0626. The second-order valence-electron chi connectivity index (χ2n) is 8.83. The number of hydrogen-bond acceptors (Lipinski definition) is 3. The van der Waals surface area contributed by atoms with E-state index < -0.39 is 0 Å². The summed E-state index contributed by atoms with van der Waals surface area (Å²) in [6, 6.07) is 13.7. The Morgan fingerprint density at radius 3 is 2.80 bits per heavy atom. The summed E-state index contributed by atoms with van der Waals surface area (Å²) in [5, 5.41) is 3.35. The maximum atomic E-state index is 13.1. The molecule has 1 aliphatic heterocycles. The van der Waals surface area contributed by atoms with E-state index in [2.05, 4.69) is 27.4 Å². The lowest BCUT2D eigenvalue weighted by Gasteiger charge is -2.38. The fourth-order valence-corrected chi connectivity index (χ4v) is 4.96. The maximum absolute atomic E-state index is 13.1. The number of hydrogen-bond donors (Lipinski definition) is 1. The Labute approximate surface area is 180 Å². The van der Waals surface area contributed by atoms with Crippen molar-refractivity contribution in [3.63, 3.8) is 0 Å². The normalized spacial score (nSPS) is 23.1. The molecule has 1 saturated heterocycles. The molecular weight excluding hydrogens is 370 g/mol. The van der Waals surface area contributed by atoms with Gasteiger partial charge in [-0.05, 0) is 81.2 Å². The predicted octanol–water partition coefficient (Wildman–Crippen LogP) is 4.93. The lowest BCUT2D eigenvalue weighted by atomic mass is 9.86. The third-order valence-corrected chi connectivity index (χ3v) is 6.59. The number of rotatable bonds is 6. The predicted molar refractivity (Wildman–Crippen MR) is 121 cm³/mol. The molecule has 1 aliphatic carbocycles. The van der Waals surface area contributed by atoms with Crippen molar-refractivity contribution in [3.8, 4) is 0 Å². The number of aromatic nitrogens is 1. The van der Waals surface area contributed by atoms with Crippen LogP contribution >= 0.6 is 0 Å². The molecule has 158 valence electrons. The molecule has 1 aromatic heterocycles. The molecule has 0 spiro atoms. The van der Waals surface area contributed by atoms with Crippen LogP contribution in [0.25, 0.3) is 0 Å². The van der Waals surface area contributed by atoms with E-state index in [0.29, 0.717) is 5.92 Å². The fourth-order valence-electron chi connectivity index (χ4n) is 4.96. The van der Waals surface area contributed by atoms with Gasteiger partial charge in [0.2, 0.25) is 0 Å². The van der Waals surface area contributed by atoms with Crippen LogP contribution in [-0.2, 0) is 0 Å². The summed E-state index contributed by atoms with van der Waals surface area (Å²) in [7, 11) is 0. The number of nitrogens with one attached hydrogen (secondary N) is 1. The first-order valence-electron chi connectivity index (χ1n) is 11.4. The van der Waals surface area contributed by atoms with Gasteiger partial charge in [-0.1, -0.05) is 36.4 Å². The van der Waals surface area contributed by atoms with Crippen LogP contribution in [-0.4, -0.2) is 35.4 Å². The molecular formula is C26H33N3O. The summed E-state index contributed by atoms with van der Waals surface area (Å²) in [5.41, 5.74) is 2.72. The molecule has 3 atom stereocenters. The van der Waals surface area contributed by atoms with Gasteiger partial charge in [-0.3, -0.25) is 9.78 Å². The van der Waals surface area contributed by atoms with Gasteiger partial charge in [0.05, 0.1) is 11.7 Å². The number of allylic oxidation sites excluding steroid dienone is 2. The maximum Gasteiger partial charge on any atom is 0.252 e. The molecule has 0 unspecified atom stereocenters. The Morgan fingerprint density at radius 2 is 2.03 bits per heavy atom. The van der Waals surface area contributed by atoms with Crippen molar-refractivity contribution < 1.29 is 4.79 Å². The molecule has 2 heterocycles. The molecule has 2 aliphatic rings. The minimum Gasteiger partial charge on any atom is -0.343 e. The molecule has 4 heteroatoms. The minimum absolute atomic E-state index is 0.00158. The van der Waals surface area contributed by atoms with Crippen LogP contribution in [0.2, 0.25) is 0 Å². The average Bonchev–Trinajstić information content (AvgIpc) is 2.79. The molecule has 1 N–H and O–H groups in total. The molecule has 1 amide bonds. The van der Waals surface area contributed by atoms with Crippen LogP contribution in [0.5, 0.6) is 0 Å². The van der Waals surface area contributed by atoms with Crippen LogP contribution in [0.3, 0.4) is 0 Å². The standard InChI is InChI=1S/C26H33N3O/c1-20-10-5-6-14-23(20)26(30)28-25(24-15-7-8-16-27-24)22-13-9-17-29(19-22)18-21-11-3-2-4-12-21/h2-3,5-8,10,14-16,21-22,25H,4,9,11-13,17-19H2,1H3,(H,28,30)/t21-,22-,25+/m1/s1. The Kier molecular flexibility index (Phi) is 6.96. The topological polar surface area (TPSA) is 45.2 Å². The van der Waals surface area contributed by atoms with E-state index in [-0.39, 0.29) is 11.9 Å². The van der Waals surface area contributed by atoms with Crippen LogP contribution in [0.1, 0.15) is 59.8 Å². The molecule has 0 saturated carbocycles. The number of nitrogens with zero attached hydrogens (tertiary/aromatic N) is 2. The van der Waals surface area contributed by atoms with E-state index in [1.165, 1.54) is 32.2 Å². The number of pyridine rings is 1. The summed E-state index contributed by atoms with van der Waals surface area (Å²) in [4.78, 5) is 20.4. The van der Waals surface area contributed by atoms with Crippen LogP contribution < -0.4 is 5.32 Å². The number of piperidine rings is 1. The van der Waals surface area contributed by atoms with Gasteiger partial charge in [0, 0.05) is 24.8 Å². The van der Waals surface area contributed by atoms with Crippen molar-refractivity contribution in [1.82, 2.24) is 15.2 Å². The highest BCUT2D eigenvalue weighted by molar-refractivity contribution is 5.95. The number of benzene rings is 1. The molecule has 1 aromatic carbocycles. The highest BCUT2D eigenvalue weighted by Crippen LogP contribution is 2.31. The van der Waals surface area contributed by atoms with Crippen molar-refractivity contribution in [2.45, 2.75) is 45.1 Å². The molecule has 2 aromatic rings. The van der Waals surface area contributed by atoms with Gasteiger partial charge >= 0.3 is 0 Å². The molecule has 4 rings (SSSR count). The largest absolute Gasteiger partial charge is 0.343 e. The smallest absolute Gasteiger partial charge is 0.252 e. The summed E-state index contributed by atoms with van der Waals surface area (Å²) in [6.07, 6.45) is 12.5. The summed E-state index contributed by atoms with van der Waals surface area (Å²) in [6.45, 7) is 5.35. The molecule has 1 fully saturated rings. The van der Waals surface area contributed by atoms with Crippen molar-refractivity contribution >= 4 is 5.91 Å². The number of likely N-dealkylation sites (tertiary alicyclic amines) is 1. The number of aryl methyl sites for hydroxylation is 1. The first-order chi connectivity index (χ1) is 14.7. The highest BCUT2D eigenvalue weighted by Gasteiger charge is 2.31. The van der Waals surface area contributed by atoms with Crippen LogP contribution in [0.15, 0.2) is 60.8 Å². The number of carbonyl (C=O) groups excluding carboxylic acids is 1. The van der Waals surface area contributed by atoms with E-state index in [4.69, 9.17) is 0 Å². The van der Waals surface area contributed by atoms with E-state index in [0.717, 1.165) is 42.2 Å². The van der Waals surface area contributed by atoms with Gasteiger partial charge in [0.25, 0.3) is 5.91 Å². The Morgan fingerprint density at radius 1 is 1.17 bits per heavy atom. The Balaban J connectivity index is 1.50. The second-order valence-corrected chi connectivity index (χ2v) is 8.83. The van der Waals surface area contributed by atoms with Gasteiger partial charge < -0.3 is 10.2 Å².